The maximum Gasteiger partial charge on any atom is -0.0414 e. The second kappa shape index (κ2) is 33.0. The third kappa shape index (κ3) is 30.2. The summed E-state index contributed by atoms with van der Waals surface area (Å²) in [6.45, 7) is 6.96. The average molecular weight is 507 g/mol. The average Bonchev–Trinajstić information content (AvgIpc) is 2.89. The molecule has 0 aliphatic rings. The Bertz CT molecular complexity index is 359. The normalized spacial score (nSPS) is 12.4. The van der Waals surface area contributed by atoms with Crippen LogP contribution in [0.3, 0.4) is 0 Å². The highest BCUT2D eigenvalue weighted by Gasteiger charge is 2.09. The number of hydrogen-bond donors (Lipinski definition) is 0. The van der Waals surface area contributed by atoms with Gasteiger partial charge in [0.05, 0.1) is 0 Å². The Morgan fingerprint density at radius 3 is 0.583 bits per heavy atom. The molecule has 0 aliphatic carbocycles. The number of unbranched alkanes of at least 4 members (excludes halogenated alkanes) is 26. The van der Waals surface area contributed by atoms with Crippen molar-refractivity contribution in [3.63, 3.8) is 0 Å². The Labute approximate surface area is 232 Å². The summed E-state index contributed by atoms with van der Waals surface area (Å²) in [5, 5.41) is 0. The summed E-state index contributed by atoms with van der Waals surface area (Å²) in [7, 11) is 0. The van der Waals surface area contributed by atoms with Crippen molar-refractivity contribution in [2.75, 3.05) is 0 Å². The van der Waals surface area contributed by atoms with Crippen molar-refractivity contribution in [1.82, 2.24) is 0 Å². The fourth-order valence-corrected chi connectivity index (χ4v) is 6.02. The predicted octanol–water partition coefficient (Wildman–Crippen LogP) is 14.1. The van der Waals surface area contributed by atoms with Gasteiger partial charge in [-0.25, -0.2) is 0 Å². The van der Waals surface area contributed by atoms with Crippen LogP contribution in [0, 0.1) is 5.92 Å². The Morgan fingerprint density at radius 2 is 0.389 bits per heavy atom. The first-order chi connectivity index (χ1) is 17.8. The van der Waals surface area contributed by atoms with Crippen LogP contribution in [0.25, 0.3) is 0 Å². The van der Waals surface area contributed by atoms with Crippen LogP contribution in [0.2, 0.25) is 0 Å². The lowest BCUT2D eigenvalue weighted by molar-refractivity contribution is 0.365. The molecule has 0 N–H and O–H groups in total. The lowest BCUT2D eigenvalue weighted by atomic mass is 9.89. The first-order valence-corrected chi connectivity index (χ1v) is 17.8. The quantitative estimate of drug-likeness (QED) is 0.0795. The molecule has 0 aromatic carbocycles. The molecule has 1 atom stereocenters. The van der Waals surface area contributed by atoms with Crippen LogP contribution in [0.5, 0.6) is 0 Å². The molecular formula is C36H74. The molecule has 0 aromatic rings. The summed E-state index contributed by atoms with van der Waals surface area (Å²) < 4.78 is 0. The van der Waals surface area contributed by atoms with Gasteiger partial charge in [-0.15, -0.1) is 0 Å². The van der Waals surface area contributed by atoms with Crippen LogP contribution in [0.1, 0.15) is 226 Å². The Morgan fingerprint density at radius 1 is 0.222 bits per heavy atom. The second-order valence-electron chi connectivity index (χ2n) is 12.4. The van der Waals surface area contributed by atoms with Gasteiger partial charge in [-0.1, -0.05) is 226 Å². The van der Waals surface area contributed by atoms with Crippen LogP contribution in [-0.2, 0) is 0 Å². The van der Waals surface area contributed by atoms with E-state index in [0.29, 0.717) is 0 Å². The van der Waals surface area contributed by atoms with E-state index in [1.165, 1.54) is 205 Å². The SMILES string of the molecule is CCCCCCCCCCCCCC(CCCCCCCCCC)CCCCCCCCCCCC. The highest BCUT2D eigenvalue weighted by Crippen LogP contribution is 2.25. The van der Waals surface area contributed by atoms with Gasteiger partial charge in [0.1, 0.15) is 0 Å². The summed E-state index contributed by atoms with van der Waals surface area (Å²) in [5.74, 6) is 1.04. The van der Waals surface area contributed by atoms with Crippen molar-refractivity contribution in [3.05, 3.63) is 0 Å². The summed E-state index contributed by atoms with van der Waals surface area (Å²) in [6, 6.07) is 0. The molecule has 36 heavy (non-hydrogen) atoms. The van der Waals surface area contributed by atoms with Gasteiger partial charge in [-0.05, 0) is 5.92 Å². The lowest BCUT2D eigenvalue weighted by Crippen LogP contribution is -2.01. The van der Waals surface area contributed by atoms with E-state index in [2.05, 4.69) is 20.8 Å². The lowest BCUT2D eigenvalue weighted by Gasteiger charge is -2.17. The van der Waals surface area contributed by atoms with Crippen LogP contribution >= 0.6 is 0 Å². The molecule has 0 amide bonds. The molecule has 0 radical (unpaired) electrons. The summed E-state index contributed by atoms with van der Waals surface area (Å²) in [4.78, 5) is 0. The van der Waals surface area contributed by atoms with E-state index >= 15 is 0 Å². The molecule has 0 aromatic heterocycles. The molecule has 0 nitrogen and oxygen atoms in total. The second-order valence-corrected chi connectivity index (χ2v) is 12.4. The zero-order chi connectivity index (χ0) is 26.2. The van der Waals surface area contributed by atoms with Crippen LogP contribution in [0.15, 0.2) is 0 Å². The smallest absolute Gasteiger partial charge is 0.0414 e. The number of rotatable bonds is 32. The van der Waals surface area contributed by atoms with Crippen molar-refractivity contribution >= 4 is 0 Å². The summed E-state index contributed by atoms with van der Waals surface area (Å²) in [6.07, 6.45) is 47.3. The standard InChI is InChI=1S/C36H74/c1-4-7-10-13-16-19-21-23-26-29-32-35-36(33-30-27-24-18-15-12-9-6-3)34-31-28-25-22-20-17-14-11-8-5-2/h36H,4-35H2,1-3H3. The van der Waals surface area contributed by atoms with Crippen LogP contribution in [-0.4, -0.2) is 0 Å². The van der Waals surface area contributed by atoms with Crippen LogP contribution < -0.4 is 0 Å². The maximum atomic E-state index is 2.32. The minimum absolute atomic E-state index is 1.04. The Hall–Kier alpha value is 0. The molecule has 0 bridgehead atoms. The van der Waals surface area contributed by atoms with Crippen molar-refractivity contribution in [3.8, 4) is 0 Å². The molecule has 0 aliphatic heterocycles. The van der Waals surface area contributed by atoms with Crippen molar-refractivity contribution in [2.45, 2.75) is 226 Å². The molecule has 218 valence electrons. The Kier molecular flexibility index (Phi) is 33.0. The molecule has 0 heteroatoms. The van der Waals surface area contributed by atoms with Crippen molar-refractivity contribution < 1.29 is 0 Å². The first-order valence-electron chi connectivity index (χ1n) is 17.8. The molecule has 1 unspecified atom stereocenters. The van der Waals surface area contributed by atoms with E-state index in [9.17, 15) is 0 Å². The van der Waals surface area contributed by atoms with Crippen molar-refractivity contribution in [2.24, 2.45) is 5.92 Å². The van der Waals surface area contributed by atoms with Gasteiger partial charge in [0.2, 0.25) is 0 Å². The van der Waals surface area contributed by atoms with Gasteiger partial charge in [0.25, 0.3) is 0 Å². The van der Waals surface area contributed by atoms with E-state index < -0.39 is 0 Å². The topological polar surface area (TPSA) is 0 Å². The van der Waals surface area contributed by atoms with E-state index in [-0.39, 0.29) is 0 Å². The van der Waals surface area contributed by atoms with Gasteiger partial charge in [-0.2, -0.15) is 0 Å². The molecule has 0 saturated carbocycles. The third-order valence-corrected chi connectivity index (χ3v) is 8.65. The summed E-state index contributed by atoms with van der Waals surface area (Å²) >= 11 is 0. The largest absolute Gasteiger partial charge is 0.0654 e. The highest BCUT2D eigenvalue weighted by molar-refractivity contribution is 4.62. The Balaban J connectivity index is 3.84. The van der Waals surface area contributed by atoms with Gasteiger partial charge in [-0.3, -0.25) is 0 Å². The van der Waals surface area contributed by atoms with Crippen LogP contribution in [0.4, 0.5) is 0 Å². The van der Waals surface area contributed by atoms with E-state index in [4.69, 9.17) is 0 Å². The van der Waals surface area contributed by atoms with E-state index in [0.717, 1.165) is 5.92 Å². The van der Waals surface area contributed by atoms with Gasteiger partial charge >= 0.3 is 0 Å². The molecule has 0 fully saturated rings. The molecular weight excluding hydrogens is 432 g/mol. The molecule has 0 heterocycles. The third-order valence-electron chi connectivity index (χ3n) is 8.65. The fourth-order valence-electron chi connectivity index (χ4n) is 6.02. The first kappa shape index (κ1) is 36.0. The zero-order valence-corrected chi connectivity index (χ0v) is 26.2. The summed E-state index contributed by atoms with van der Waals surface area (Å²) in [5.41, 5.74) is 0. The predicted molar refractivity (Wildman–Crippen MR) is 168 cm³/mol. The van der Waals surface area contributed by atoms with Gasteiger partial charge < -0.3 is 0 Å². The maximum absolute atomic E-state index is 2.32. The minimum atomic E-state index is 1.04. The molecule has 0 saturated heterocycles. The molecule has 0 spiro atoms. The minimum Gasteiger partial charge on any atom is -0.0654 e. The zero-order valence-electron chi connectivity index (χ0n) is 26.2. The van der Waals surface area contributed by atoms with Gasteiger partial charge in [0.15, 0.2) is 0 Å². The van der Waals surface area contributed by atoms with Gasteiger partial charge in [0, 0.05) is 0 Å². The fraction of sp³-hybridized carbons (Fsp3) is 1.00. The number of hydrogen-bond acceptors (Lipinski definition) is 0. The van der Waals surface area contributed by atoms with E-state index in [1.807, 2.05) is 0 Å². The van der Waals surface area contributed by atoms with E-state index in [1.54, 1.807) is 0 Å². The van der Waals surface area contributed by atoms with Crippen molar-refractivity contribution in [1.29, 1.82) is 0 Å². The molecule has 0 rings (SSSR count). The monoisotopic (exact) mass is 507 g/mol. The highest BCUT2D eigenvalue weighted by atomic mass is 14.1.